The van der Waals surface area contributed by atoms with Gasteiger partial charge in [-0.2, -0.15) is 0 Å². The molecule has 7 aromatic carbocycles. The van der Waals surface area contributed by atoms with Crippen molar-refractivity contribution < 1.29 is 8.83 Å². The van der Waals surface area contributed by atoms with Crippen LogP contribution in [0, 0.1) is 23.7 Å². The van der Waals surface area contributed by atoms with Gasteiger partial charge in [0.2, 0.25) is 0 Å². The Morgan fingerprint density at radius 2 is 0.889 bits per heavy atom. The molecular formula is C52H38O2. The van der Waals surface area contributed by atoms with E-state index in [2.05, 4.69) is 133 Å². The van der Waals surface area contributed by atoms with Gasteiger partial charge in [-0.05, 0) is 142 Å². The normalized spacial score (nSPS) is 23.6. The molecule has 5 aliphatic rings. The van der Waals surface area contributed by atoms with Gasteiger partial charge in [-0.15, -0.1) is 0 Å². The van der Waals surface area contributed by atoms with Crippen LogP contribution >= 0.6 is 0 Å². The van der Waals surface area contributed by atoms with Crippen molar-refractivity contribution in [3.63, 3.8) is 0 Å². The van der Waals surface area contributed by atoms with Crippen LogP contribution in [0.5, 0.6) is 0 Å². The largest absolute Gasteiger partial charge is 0.456 e. The molecule has 0 N–H and O–H groups in total. The van der Waals surface area contributed by atoms with Crippen LogP contribution in [0.1, 0.15) is 43.2 Å². The zero-order valence-electron chi connectivity index (χ0n) is 30.0. The summed E-state index contributed by atoms with van der Waals surface area (Å²) in [5, 5.41) is 4.70. The van der Waals surface area contributed by atoms with E-state index >= 15 is 0 Å². The van der Waals surface area contributed by atoms with E-state index in [1.165, 1.54) is 98.2 Å². The number of hydrogen-bond acceptors (Lipinski definition) is 2. The molecule has 2 aromatic heterocycles. The number of fused-ring (bicyclic) bond motifs is 9. The molecule has 54 heavy (non-hydrogen) atoms. The topological polar surface area (TPSA) is 26.3 Å². The summed E-state index contributed by atoms with van der Waals surface area (Å²) in [4.78, 5) is 0. The van der Waals surface area contributed by atoms with Crippen molar-refractivity contribution in [1.82, 2.24) is 0 Å². The first kappa shape index (κ1) is 29.6. The monoisotopic (exact) mass is 694 g/mol. The smallest absolute Gasteiger partial charge is 0.143 e. The summed E-state index contributed by atoms with van der Waals surface area (Å²) in [6.45, 7) is 0. The van der Waals surface area contributed by atoms with Crippen LogP contribution in [0.3, 0.4) is 0 Å². The molecule has 4 fully saturated rings. The van der Waals surface area contributed by atoms with E-state index in [4.69, 9.17) is 8.83 Å². The van der Waals surface area contributed by atoms with E-state index in [0.29, 0.717) is 0 Å². The minimum absolute atomic E-state index is 0.125. The zero-order valence-corrected chi connectivity index (χ0v) is 30.0. The molecule has 9 aromatic rings. The molecule has 2 heterocycles. The number of para-hydroxylation sites is 3. The number of benzene rings is 7. The Morgan fingerprint density at radius 3 is 1.59 bits per heavy atom. The fourth-order valence-electron chi connectivity index (χ4n) is 12.3. The summed E-state index contributed by atoms with van der Waals surface area (Å²) >= 11 is 0. The second-order valence-corrected chi connectivity index (χ2v) is 16.9. The molecule has 14 rings (SSSR count). The van der Waals surface area contributed by atoms with Crippen LogP contribution in [-0.2, 0) is 5.41 Å². The van der Waals surface area contributed by atoms with Gasteiger partial charge in [0.05, 0.1) is 0 Å². The van der Waals surface area contributed by atoms with Crippen LogP contribution in [0.4, 0.5) is 0 Å². The lowest BCUT2D eigenvalue weighted by Gasteiger charge is -2.61. The van der Waals surface area contributed by atoms with Crippen LogP contribution in [0.25, 0.3) is 88.4 Å². The van der Waals surface area contributed by atoms with Crippen molar-refractivity contribution in [2.24, 2.45) is 23.7 Å². The van der Waals surface area contributed by atoms with Gasteiger partial charge in [-0.1, -0.05) is 109 Å². The Morgan fingerprint density at radius 1 is 0.370 bits per heavy atom. The van der Waals surface area contributed by atoms with E-state index in [0.717, 1.165) is 46.0 Å². The van der Waals surface area contributed by atoms with Gasteiger partial charge in [0.15, 0.2) is 0 Å². The summed E-state index contributed by atoms with van der Waals surface area (Å²) in [5.41, 5.74) is 17.4. The molecule has 258 valence electrons. The lowest BCUT2D eigenvalue weighted by molar-refractivity contribution is -0.0399. The summed E-state index contributed by atoms with van der Waals surface area (Å²) in [5.74, 6) is 3.30. The third-order valence-corrected chi connectivity index (χ3v) is 14.3. The van der Waals surface area contributed by atoms with Crippen LogP contribution < -0.4 is 0 Å². The van der Waals surface area contributed by atoms with Crippen molar-refractivity contribution in [1.29, 1.82) is 0 Å². The highest BCUT2D eigenvalue weighted by atomic mass is 16.3. The first-order valence-corrected chi connectivity index (χ1v) is 19.9. The molecule has 0 amide bonds. The molecule has 2 heteroatoms. The predicted octanol–water partition coefficient (Wildman–Crippen LogP) is 14.2. The summed E-state index contributed by atoms with van der Waals surface area (Å²) in [7, 11) is 0. The van der Waals surface area contributed by atoms with Crippen molar-refractivity contribution in [3.05, 3.63) is 157 Å². The molecule has 0 unspecified atom stereocenters. The first-order valence-electron chi connectivity index (χ1n) is 19.9. The second kappa shape index (κ2) is 10.6. The SMILES string of the molecule is c1ccc2c(c1)oc1ccc(-c3ccc(-c4ccc5c(c4)-c4cc(-c6cccc7c6oc6ccccc67)ccc4C54C5CC6CC(C5)CC4C6)cc3)cc12. The summed E-state index contributed by atoms with van der Waals surface area (Å²) in [6, 6.07) is 54.1. The van der Waals surface area contributed by atoms with Crippen LogP contribution in [0.15, 0.2) is 154 Å². The summed E-state index contributed by atoms with van der Waals surface area (Å²) < 4.78 is 12.7. The van der Waals surface area contributed by atoms with E-state index in [1.54, 1.807) is 11.1 Å². The molecular weight excluding hydrogens is 657 g/mol. The number of furan rings is 2. The first-order chi connectivity index (χ1) is 26.7. The van der Waals surface area contributed by atoms with Crippen LogP contribution in [-0.4, -0.2) is 0 Å². The number of hydrogen-bond donors (Lipinski definition) is 0. The third kappa shape index (κ3) is 3.91. The van der Waals surface area contributed by atoms with E-state index in [1.807, 2.05) is 12.1 Å². The second-order valence-electron chi connectivity index (χ2n) is 16.9. The minimum atomic E-state index is 0.125. The van der Waals surface area contributed by atoms with Gasteiger partial charge in [0.25, 0.3) is 0 Å². The van der Waals surface area contributed by atoms with Crippen molar-refractivity contribution >= 4 is 43.9 Å². The molecule has 4 saturated carbocycles. The quantitative estimate of drug-likeness (QED) is 0.184. The van der Waals surface area contributed by atoms with Crippen molar-refractivity contribution in [2.75, 3.05) is 0 Å². The Balaban J connectivity index is 0.948. The van der Waals surface area contributed by atoms with Crippen molar-refractivity contribution in [3.8, 4) is 44.5 Å². The Kier molecular flexibility index (Phi) is 5.83. The third-order valence-electron chi connectivity index (χ3n) is 14.3. The van der Waals surface area contributed by atoms with Crippen LogP contribution in [0.2, 0.25) is 0 Å². The highest BCUT2D eigenvalue weighted by molar-refractivity contribution is 6.10. The average molecular weight is 695 g/mol. The zero-order chi connectivity index (χ0) is 35.1. The van der Waals surface area contributed by atoms with E-state index in [9.17, 15) is 0 Å². The fraction of sp³-hybridized carbons (Fsp3) is 0.192. The Labute approximate surface area is 314 Å². The Bertz CT molecular complexity index is 2980. The lowest BCUT2D eigenvalue weighted by Crippen LogP contribution is -2.55. The molecule has 0 atom stereocenters. The van der Waals surface area contributed by atoms with Gasteiger partial charge in [0.1, 0.15) is 22.3 Å². The predicted molar refractivity (Wildman–Crippen MR) is 221 cm³/mol. The highest BCUT2D eigenvalue weighted by Crippen LogP contribution is 2.69. The van der Waals surface area contributed by atoms with E-state index < -0.39 is 0 Å². The molecule has 0 aliphatic heterocycles. The molecule has 4 bridgehead atoms. The van der Waals surface area contributed by atoms with E-state index in [-0.39, 0.29) is 5.41 Å². The maximum atomic E-state index is 6.56. The molecule has 5 aliphatic carbocycles. The average Bonchev–Trinajstić information content (AvgIpc) is 3.87. The van der Waals surface area contributed by atoms with Gasteiger partial charge in [-0.3, -0.25) is 0 Å². The standard InChI is InChI=1S/C52H38O2/c1-4-11-49-40(6-1)42-9-5-8-39(51(42)54-49)36-17-20-47-44(29-36)43-27-34(16-19-46(43)52(47)37-23-30-22-31(25-37)26-38(52)24-30)32-12-14-33(15-13-32)35-18-21-50-45(28-35)41-7-2-3-10-48(41)53-50/h1-21,27-31,37-38H,22-26H2. The fourth-order valence-corrected chi connectivity index (χ4v) is 12.3. The highest BCUT2D eigenvalue weighted by Gasteiger charge is 2.61. The van der Waals surface area contributed by atoms with Gasteiger partial charge >= 0.3 is 0 Å². The van der Waals surface area contributed by atoms with Gasteiger partial charge < -0.3 is 8.83 Å². The number of rotatable bonds is 3. The van der Waals surface area contributed by atoms with Gasteiger partial charge in [-0.25, -0.2) is 0 Å². The lowest BCUT2D eigenvalue weighted by atomic mass is 9.43. The molecule has 0 radical (unpaired) electrons. The van der Waals surface area contributed by atoms with Crippen molar-refractivity contribution in [2.45, 2.75) is 37.5 Å². The minimum Gasteiger partial charge on any atom is -0.456 e. The van der Waals surface area contributed by atoms with Gasteiger partial charge in [0, 0.05) is 32.5 Å². The maximum Gasteiger partial charge on any atom is 0.143 e. The maximum absolute atomic E-state index is 6.56. The summed E-state index contributed by atoms with van der Waals surface area (Å²) in [6.07, 6.45) is 7.00. The Hall–Kier alpha value is -5.86. The molecule has 0 saturated heterocycles. The molecule has 2 nitrogen and oxygen atoms in total. The molecule has 1 spiro atoms.